The standard InChI is InChI=1S/C23H21ClF2N6O4/c1-23(2,18-14(25)4-3-5-15(18)26)21-30-20(31-36-21)19-28-16(24)11-17(29-19)35-13-7-9-32(22(33)34)12(10-13)6-8-27/h3-5,11-13H,6-7,9-10H2,1-2H3,(H,33,34)/t12-,13+/m1/s1. The zero-order valence-corrected chi connectivity index (χ0v) is 20.0. The monoisotopic (exact) mass is 518 g/mol. The predicted octanol–water partition coefficient (Wildman–Crippen LogP) is 4.59. The van der Waals surface area contributed by atoms with Gasteiger partial charge >= 0.3 is 6.09 Å². The molecule has 3 aromatic rings. The highest BCUT2D eigenvalue weighted by Crippen LogP contribution is 2.35. The highest BCUT2D eigenvalue weighted by Gasteiger charge is 2.36. The van der Waals surface area contributed by atoms with Crippen LogP contribution in [0.25, 0.3) is 11.6 Å². The van der Waals surface area contributed by atoms with E-state index in [1.807, 2.05) is 6.07 Å². The fourth-order valence-corrected chi connectivity index (χ4v) is 4.34. The Morgan fingerprint density at radius 2 is 2.03 bits per heavy atom. The molecular formula is C23H21ClF2N6O4. The summed E-state index contributed by atoms with van der Waals surface area (Å²) in [5.41, 5.74) is -1.53. The maximum atomic E-state index is 14.4. The number of nitriles is 1. The number of hydrogen-bond donors (Lipinski definition) is 1. The molecule has 0 saturated carbocycles. The van der Waals surface area contributed by atoms with Gasteiger partial charge in [-0.15, -0.1) is 0 Å². The van der Waals surface area contributed by atoms with Gasteiger partial charge in [-0.2, -0.15) is 15.2 Å². The zero-order chi connectivity index (χ0) is 26.0. The average Bonchev–Trinajstić information content (AvgIpc) is 3.30. The second-order valence-electron chi connectivity index (χ2n) is 8.75. The maximum absolute atomic E-state index is 14.4. The number of aromatic nitrogens is 4. The van der Waals surface area contributed by atoms with Crippen molar-refractivity contribution in [1.29, 1.82) is 5.26 Å². The summed E-state index contributed by atoms with van der Waals surface area (Å²) in [5, 5.41) is 22.3. The van der Waals surface area contributed by atoms with Crippen LogP contribution in [0.15, 0.2) is 28.8 Å². The van der Waals surface area contributed by atoms with Crippen molar-refractivity contribution in [1.82, 2.24) is 25.0 Å². The molecule has 3 heterocycles. The van der Waals surface area contributed by atoms with E-state index in [9.17, 15) is 18.7 Å². The molecule has 1 N–H and O–H groups in total. The quantitative estimate of drug-likeness (QED) is 0.464. The van der Waals surface area contributed by atoms with Gasteiger partial charge in [-0.3, -0.25) is 0 Å². The first kappa shape index (κ1) is 25.2. The van der Waals surface area contributed by atoms with Crippen molar-refractivity contribution in [2.45, 2.75) is 50.7 Å². The van der Waals surface area contributed by atoms with Crippen LogP contribution < -0.4 is 4.74 Å². The number of halogens is 3. The number of nitrogens with zero attached hydrogens (tertiary/aromatic N) is 6. The first-order chi connectivity index (χ1) is 17.1. The van der Waals surface area contributed by atoms with E-state index < -0.39 is 35.3 Å². The van der Waals surface area contributed by atoms with E-state index in [4.69, 9.17) is 26.1 Å². The van der Waals surface area contributed by atoms with Gasteiger partial charge in [0, 0.05) is 31.0 Å². The van der Waals surface area contributed by atoms with E-state index in [0.29, 0.717) is 12.8 Å². The number of likely N-dealkylation sites (tertiary alicyclic amines) is 1. The predicted molar refractivity (Wildman–Crippen MR) is 121 cm³/mol. The summed E-state index contributed by atoms with van der Waals surface area (Å²) in [6.07, 6.45) is -0.786. The summed E-state index contributed by atoms with van der Waals surface area (Å²) in [4.78, 5) is 25.3. The molecule has 4 rings (SSSR count). The van der Waals surface area contributed by atoms with Gasteiger partial charge in [0.1, 0.15) is 22.9 Å². The van der Waals surface area contributed by atoms with E-state index in [0.717, 1.165) is 12.1 Å². The Balaban J connectivity index is 1.57. The van der Waals surface area contributed by atoms with Crippen LogP contribution in [0, 0.1) is 23.0 Å². The third kappa shape index (κ3) is 5.06. The van der Waals surface area contributed by atoms with E-state index in [-0.39, 0.29) is 47.1 Å². The number of amides is 1. The van der Waals surface area contributed by atoms with E-state index in [1.54, 1.807) is 13.8 Å². The summed E-state index contributed by atoms with van der Waals surface area (Å²) >= 11 is 6.15. The third-order valence-corrected chi connectivity index (χ3v) is 6.14. The number of rotatable bonds is 6. The van der Waals surface area contributed by atoms with E-state index >= 15 is 0 Å². The van der Waals surface area contributed by atoms with Gasteiger partial charge in [-0.05, 0) is 26.0 Å². The first-order valence-corrected chi connectivity index (χ1v) is 11.3. The van der Waals surface area contributed by atoms with Crippen LogP contribution in [0.3, 0.4) is 0 Å². The molecule has 1 aliphatic rings. The Hall–Kier alpha value is -3.85. The van der Waals surface area contributed by atoms with Gasteiger partial charge in [0.05, 0.1) is 23.9 Å². The van der Waals surface area contributed by atoms with Crippen molar-refractivity contribution < 1.29 is 27.9 Å². The van der Waals surface area contributed by atoms with Gasteiger partial charge in [0.15, 0.2) is 0 Å². The fourth-order valence-electron chi connectivity index (χ4n) is 4.17. The van der Waals surface area contributed by atoms with Crippen LogP contribution in [0.2, 0.25) is 5.15 Å². The van der Waals surface area contributed by atoms with Crippen molar-refractivity contribution in [3.63, 3.8) is 0 Å². The lowest BCUT2D eigenvalue weighted by Crippen LogP contribution is -2.48. The van der Waals surface area contributed by atoms with Crippen molar-refractivity contribution in [2.24, 2.45) is 0 Å². The molecule has 13 heteroatoms. The van der Waals surface area contributed by atoms with Crippen LogP contribution in [0.5, 0.6) is 5.88 Å². The maximum Gasteiger partial charge on any atom is 0.407 e. The normalized spacial score (nSPS) is 18.1. The number of benzene rings is 1. The fraction of sp³-hybridized carbons (Fsp3) is 0.391. The number of carbonyl (C=O) groups is 1. The van der Waals surface area contributed by atoms with Crippen LogP contribution >= 0.6 is 11.6 Å². The topological polar surface area (TPSA) is 138 Å². The molecule has 0 radical (unpaired) electrons. The first-order valence-electron chi connectivity index (χ1n) is 11.0. The Morgan fingerprint density at radius 3 is 2.69 bits per heavy atom. The number of hydrogen-bond acceptors (Lipinski definition) is 8. The van der Waals surface area contributed by atoms with Gasteiger partial charge in [-0.1, -0.05) is 22.8 Å². The molecule has 1 fully saturated rings. The lowest BCUT2D eigenvalue weighted by molar-refractivity contribution is 0.0539. The molecule has 1 amide bonds. The molecule has 0 spiro atoms. The summed E-state index contributed by atoms with van der Waals surface area (Å²) in [6, 6.07) is 6.42. The molecule has 2 aromatic heterocycles. The molecule has 0 unspecified atom stereocenters. The molecule has 1 aliphatic heterocycles. The minimum absolute atomic E-state index is 0.0253. The Kier molecular flexibility index (Phi) is 7.03. The van der Waals surface area contributed by atoms with Crippen molar-refractivity contribution in [3.8, 4) is 23.6 Å². The van der Waals surface area contributed by atoms with E-state index in [2.05, 4.69) is 20.1 Å². The van der Waals surface area contributed by atoms with Crippen molar-refractivity contribution in [3.05, 3.63) is 52.5 Å². The van der Waals surface area contributed by atoms with Crippen LogP contribution in [-0.2, 0) is 5.41 Å². The highest BCUT2D eigenvalue weighted by molar-refractivity contribution is 6.29. The lowest BCUT2D eigenvalue weighted by atomic mass is 9.83. The highest BCUT2D eigenvalue weighted by atomic mass is 35.5. The van der Waals surface area contributed by atoms with Gasteiger partial charge in [-0.25, -0.2) is 18.6 Å². The van der Waals surface area contributed by atoms with Crippen molar-refractivity contribution >= 4 is 17.7 Å². The summed E-state index contributed by atoms with van der Waals surface area (Å²) in [5.74, 6) is -1.57. The molecule has 0 bridgehead atoms. The molecule has 1 saturated heterocycles. The van der Waals surface area contributed by atoms with Crippen molar-refractivity contribution in [2.75, 3.05) is 6.54 Å². The Bertz CT molecular complexity index is 1310. The molecule has 188 valence electrons. The number of piperidine rings is 1. The molecule has 1 aromatic carbocycles. The minimum atomic E-state index is -1.30. The number of carboxylic acid groups (broad SMARTS) is 1. The van der Waals surface area contributed by atoms with Crippen LogP contribution in [-0.4, -0.2) is 54.9 Å². The van der Waals surface area contributed by atoms with Gasteiger partial charge in [0.25, 0.3) is 0 Å². The van der Waals surface area contributed by atoms with Gasteiger partial charge < -0.3 is 19.3 Å². The lowest BCUT2D eigenvalue weighted by Gasteiger charge is -2.36. The van der Waals surface area contributed by atoms with Crippen LogP contribution in [0.1, 0.15) is 44.6 Å². The molecule has 36 heavy (non-hydrogen) atoms. The van der Waals surface area contributed by atoms with E-state index in [1.165, 1.54) is 17.0 Å². The summed E-state index contributed by atoms with van der Waals surface area (Å²) in [6.45, 7) is 3.29. The minimum Gasteiger partial charge on any atom is -0.474 e. The molecule has 0 aliphatic carbocycles. The smallest absolute Gasteiger partial charge is 0.407 e. The Labute approximate surface area is 209 Å². The van der Waals surface area contributed by atoms with Crippen LogP contribution in [0.4, 0.5) is 13.6 Å². The summed E-state index contributed by atoms with van der Waals surface area (Å²) in [7, 11) is 0. The Morgan fingerprint density at radius 1 is 1.31 bits per heavy atom. The third-order valence-electron chi connectivity index (χ3n) is 5.95. The molecule has 10 nitrogen and oxygen atoms in total. The average molecular weight is 519 g/mol. The SMILES string of the molecule is CC(C)(c1nc(-c2nc(Cl)cc(O[C@H]3CCN(C(=O)O)[C@H](CC#N)C3)n2)no1)c1c(F)cccc1F. The largest absolute Gasteiger partial charge is 0.474 e. The molecular weight excluding hydrogens is 498 g/mol. The second-order valence-corrected chi connectivity index (χ2v) is 9.14. The molecule has 2 atom stereocenters. The van der Waals surface area contributed by atoms with Gasteiger partial charge in [0.2, 0.25) is 23.4 Å². The zero-order valence-electron chi connectivity index (χ0n) is 19.3. The summed E-state index contributed by atoms with van der Waals surface area (Å²) < 4.78 is 40.0. The number of ether oxygens (including phenoxy) is 1. The second kappa shape index (κ2) is 10.0.